The number of aliphatic hydroxyl groups excluding tert-OH is 1. The van der Waals surface area contributed by atoms with Gasteiger partial charge in [-0.25, -0.2) is 0 Å². The van der Waals surface area contributed by atoms with Crippen molar-refractivity contribution in [2.75, 3.05) is 60.7 Å². The molecule has 7 nitrogen and oxygen atoms in total. The first-order chi connectivity index (χ1) is 13.1. The van der Waals surface area contributed by atoms with Crippen molar-refractivity contribution in [1.82, 2.24) is 15.5 Å². The van der Waals surface area contributed by atoms with Crippen LogP contribution in [0.2, 0.25) is 0 Å². The Labute approximate surface area is 162 Å². The molecule has 3 N–H and O–H groups in total. The zero-order valence-electron chi connectivity index (χ0n) is 16.8. The minimum absolute atomic E-state index is 0.00738. The lowest BCUT2D eigenvalue weighted by atomic mass is 9.84. The number of likely N-dealkylation sites (N-methyl/N-ethyl adjacent to an activating group) is 1. The van der Waals surface area contributed by atoms with E-state index in [4.69, 9.17) is 9.47 Å². The lowest BCUT2D eigenvalue weighted by molar-refractivity contribution is 0.127. The molecule has 1 saturated heterocycles. The van der Waals surface area contributed by atoms with E-state index in [9.17, 15) is 5.11 Å². The van der Waals surface area contributed by atoms with E-state index in [2.05, 4.69) is 26.6 Å². The molecule has 1 atom stereocenters. The zero-order valence-corrected chi connectivity index (χ0v) is 16.8. The van der Waals surface area contributed by atoms with E-state index in [-0.39, 0.29) is 12.0 Å². The summed E-state index contributed by atoms with van der Waals surface area (Å²) in [6, 6.07) is 8.10. The molecule has 1 aliphatic rings. The van der Waals surface area contributed by atoms with Crippen LogP contribution in [0, 0.1) is 5.41 Å². The third kappa shape index (κ3) is 7.36. The Balaban J connectivity index is 1.81. The standard InChI is InChI=1S/C20H34N4O3/c1-21-19(23-15-20(7-10-25)8-11-26-16-20)22-14-17-5-4-6-18(13-17)27-12-9-24(2)3/h4-6,13,25H,7-12,14-16H2,1-3H3,(H2,21,22,23). The number of ether oxygens (including phenoxy) is 2. The summed E-state index contributed by atoms with van der Waals surface area (Å²) in [6.07, 6.45) is 1.70. The Morgan fingerprint density at radius 1 is 1.37 bits per heavy atom. The molecule has 1 aliphatic heterocycles. The van der Waals surface area contributed by atoms with Crippen LogP contribution in [0.1, 0.15) is 18.4 Å². The fourth-order valence-electron chi connectivity index (χ4n) is 3.08. The van der Waals surface area contributed by atoms with Crippen LogP contribution in [0.4, 0.5) is 0 Å². The van der Waals surface area contributed by atoms with Crippen molar-refractivity contribution in [3.63, 3.8) is 0 Å². The van der Waals surface area contributed by atoms with Gasteiger partial charge >= 0.3 is 0 Å². The van der Waals surface area contributed by atoms with Crippen molar-refractivity contribution >= 4 is 5.96 Å². The molecule has 7 heteroatoms. The van der Waals surface area contributed by atoms with Gasteiger partial charge < -0.3 is 30.1 Å². The van der Waals surface area contributed by atoms with Crippen LogP contribution in [0.5, 0.6) is 5.75 Å². The summed E-state index contributed by atoms with van der Waals surface area (Å²) < 4.78 is 11.3. The first-order valence-electron chi connectivity index (χ1n) is 9.56. The molecule has 0 spiro atoms. The van der Waals surface area contributed by atoms with E-state index >= 15 is 0 Å². The largest absolute Gasteiger partial charge is 0.492 e. The fourth-order valence-corrected chi connectivity index (χ4v) is 3.08. The van der Waals surface area contributed by atoms with Crippen molar-refractivity contribution in [3.8, 4) is 5.75 Å². The molecule has 0 aliphatic carbocycles. The number of benzene rings is 1. The molecule has 1 fully saturated rings. The smallest absolute Gasteiger partial charge is 0.191 e. The first-order valence-corrected chi connectivity index (χ1v) is 9.56. The van der Waals surface area contributed by atoms with Gasteiger partial charge in [0, 0.05) is 45.3 Å². The average Bonchev–Trinajstić information content (AvgIpc) is 3.11. The summed E-state index contributed by atoms with van der Waals surface area (Å²) in [5, 5.41) is 16.1. The van der Waals surface area contributed by atoms with Crippen LogP contribution in [0.3, 0.4) is 0 Å². The van der Waals surface area contributed by atoms with Crippen LogP contribution >= 0.6 is 0 Å². The molecule has 0 amide bonds. The number of rotatable bonds is 10. The summed E-state index contributed by atoms with van der Waals surface area (Å²) in [4.78, 5) is 6.40. The normalized spacial score (nSPS) is 20.1. The quantitative estimate of drug-likeness (QED) is 0.418. The predicted molar refractivity (Wildman–Crippen MR) is 108 cm³/mol. The predicted octanol–water partition coefficient (Wildman–Crippen LogP) is 1.08. The number of hydrogen-bond acceptors (Lipinski definition) is 5. The second-order valence-corrected chi connectivity index (χ2v) is 7.35. The minimum Gasteiger partial charge on any atom is -0.492 e. The van der Waals surface area contributed by atoms with Crippen molar-refractivity contribution in [2.45, 2.75) is 19.4 Å². The number of guanidine groups is 1. The van der Waals surface area contributed by atoms with Gasteiger partial charge in [-0.2, -0.15) is 0 Å². The van der Waals surface area contributed by atoms with Gasteiger partial charge in [0.25, 0.3) is 0 Å². The van der Waals surface area contributed by atoms with E-state index in [0.717, 1.165) is 49.8 Å². The lowest BCUT2D eigenvalue weighted by Crippen LogP contribution is -2.44. The van der Waals surface area contributed by atoms with Crippen LogP contribution < -0.4 is 15.4 Å². The summed E-state index contributed by atoms with van der Waals surface area (Å²) >= 11 is 0. The molecule has 1 aromatic rings. The maximum absolute atomic E-state index is 9.34. The second-order valence-electron chi connectivity index (χ2n) is 7.35. The number of aliphatic imine (C=N–C) groups is 1. The third-order valence-electron chi connectivity index (χ3n) is 4.85. The molecule has 1 aromatic carbocycles. The highest BCUT2D eigenvalue weighted by Gasteiger charge is 2.34. The Morgan fingerprint density at radius 3 is 2.89 bits per heavy atom. The zero-order chi connectivity index (χ0) is 19.5. The number of hydrogen-bond donors (Lipinski definition) is 3. The van der Waals surface area contributed by atoms with Gasteiger partial charge in [-0.05, 0) is 44.6 Å². The lowest BCUT2D eigenvalue weighted by Gasteiger charge is -2.27. The Bertz CT molecular complexity index is 586. The highest BCUT2D eigenvalue weighted by Crippen LogP contribution is 2.31. The summed E-state index contributed by atoms with van der Waals surface area (Å²) in [5.74, 6) is 1.63. The monoisotopic (exact) mass is 378 g/mol. The Kier molecular flexibility index (Phi) is 8.84. The molecule has 0 radical (unpaired) electrons. The summed E-state index contributed by atoms with van der Waals surface area (Å²) in [6.45, 7) is 4.57. The first kappa shape index (κ1) is 21.5. The van der Waals surface area contributed by atoms with Crippen LogP contribution in [0.15, 0.2) is 29.3 Å². The molecule has 0 saturated carbocycles. The molecular weight excluding hydrogens is 344 g/mol. The molecular formula is C20H34N4O3. The number of nitrogens with zero attached hydrogens (tertiary/aromatic N) is 2. The molecule has 2 rings (SSSR count). The van der Waals surface area contributed by atoms with Crippen molar-refractivity contribution in [1.29, 1.82) is 0 Å². The van der Waals surface area contributed by atoms with Crippen LogP contribution in [-0.4, -0.2) is 76.6 Å². The third-order valence-corrected chi connectivity index (χ3v) is 4.85. The highest BCUT2D eigenvalue weighted by molar-refractivity contribution is 5.79. The van der Waals surface area contributed by atoms with Gasteiger partial charge in [-0.1, -0.05) is 12.1 Å². The average molecular weight is 379 g/mol. The van der Waals surface area contributed by atoms with Crippen molar-refractivity contribution in [3.05, 3.63) is 29.8 Å². The summed E-state index contributed by atoms with van der Waals surface area (Å²) in [5.41, 5.74) is 1.13. The topological polar surface area (TPSA) is 78.4 Å². The molecule has 1 unspecified atom stereocenters. The van der Waals surface area contributed by atoms with Crippen LogP contribution in [0.25, 0.3) is 0 Å². The number of nitrogens with one attached hydrogen (secondary N) is 2. The van der Waals surface area contributed by atoms with Crippen molar-refractivity contribution in [2.24, 2.45) is 10.4 Å². The van der Waals surface area contributed by atoms with E-state index in [1.165, 1.54) is 0 Å². The van der Waals surface area contributed by atoms with E-state index < -0.39 is 0 Å². The molecule has 0 aromatic heterocycles. The van der Waals surface area contributed by atoms with Gasteiger partial charge in [0.2, 0.25) is 0 Å². The van der Waals surface area contributed by atoms with Crippen LogP contribution in [-0.2, 0) is 11.3 Å². The van der Waals surface area contributed by atoms with E-state index in [0.29, 0.717) is 19.8 Å². The molecule has 152 valence electrons. The Hall–Kier alpha value is -1.83. The molecule has 1 heterocycles. The SMILES string of the molecule is CN=C(NCc1cccc(OCCN(C)C)c1)NCC1(CCO)CCOC1. The van der Waals surface area contributed by atoms with Gasteiger partial charge in [-0.15, -0.1) is 0 Å². The van der Waals surface area contributed by atoms with Gasteiger partial charge in [0.15, 0.2) is 5.96 Å². The molecule has 27 heavy (non-hydrogen) atoms. The van der Waals surface area contributed by atoms with Crippen molar-refractivity contribution < 1.29 is 14.6 Å². The highest BCUT2D eigenvalue weighted by atomic mass is 16.5. The Morgan fingerprint density at radius 2 is 2.22 bits per heavy atom. The fraction of sp³-hybridized carbons (Fsp3) is 0.650. The van der Waals surface area contributed by atoms with Gasteiger partial charge in [-0.3, -0.25) is 4.99 Å². The second kappa shape index (κ2) is 11.1. The maximum Gasteiger partial charge on any atom is 0.191 e. The van der Waals surface area contributed by atoms with E-state index in [1.807, 2.05) is 32.3 Å². The van der Waals surface area contributed by atoms with Gasteiger partial charge in [0.1, 0.15) is 12.4 Å². The minimum atomic E-state index is -0.00738. The van der Waals surface area contributed by atoms with Gasteiger partial charge in [0.05, 0.1) is 6.61 Å². The van der Waals surface area contributed by atoms with E-state index in [1.54, 1.807) is 7.05 Å². The maximum atomic E-state index is 9.34. The molecule has 0 bridgehead atoms. The number of aliphatic hydroxyl groups is 1. The summed E-state index contributed by atoms with van der Waals surface area (Å²) in [7, 11) is 5.83.